The molecule has 0 spiro atoms. The number of hydrogen-bond acceptors (Lipinski definition) is 3. The fourth-order valence-electron chi connectivity index (χ4n) is 8.37. The van der Waals surface area contributed by atoms with Crippen molar-refractivity contribution in [2.75, 3.05) is 0 Å². The number of aliphatic hydroxyl groups is 2. The summed E-state index contributed by atoms with van der Waals surface area (Å²) in [5, 5.41) is 21.7. The summed E-state index contributed by atoms with van der Waals surface area (Å²) in [6.07, 6.45) is 11.7. The average Bonchev–Trinajstić information content (AvgIpc) is 3.01. The van der Waals surface area contributed by atoms with Crippen LogP contribution in [0.25, 0.3) is 0 Å². The fraction of sp³-hybridized carbons (Fsp3) is 0.889. The summed E-state index contributed by atoms with van der Waals surface area (Å²) >= 11 is 0. The second kappa shape index (κ2) is 7.73. The van der Waals surface area contributed by atoms with E-state index in [9.17, 15) is 15.0 Å². The van der Waals surface area contributed by atoms with Gasteiger partial charge in [-0.15, -0.1) is 0 Å². The molecule has 0 bridgehead atoms. The van der Waals surface area contributed by atoms with Crippen LogP contribution in [0.4, 0.5) is 0 Å². The molecule has 170 valence electrons. The molecule has 3 nitrogen and oxygen atoms in total. The van der Waals surface area contributed by atoms with Gasteiger partial charge < -0.3 is 10.2 Å². The number of ketones is 1. The Morgan fingerprint density at radius 1 is 1.03 bits per heavy atom. The topological polar surface area (TPSA) is 57.5 Å². The minimum atomic E-state index is -1.38. The molecule has 3 unspecified atom stereocenters. The van der Waals surface area contributed by atoms with Gasteiger partial charge in [0.15, 0.2) is 5.78 Å². The summed E-state index contributed by atoms with van der Waals surface area (Å²) in [6.45, 7) is 11.7. The molecule has 3 fully saturated rings. The smallest absolute Gasteiger partial charge is 0.187 e. The lowest BCUT2D eigenvalue weighted by Gasteiger charge is -2.60. The van der Waals surface area contributed by atoms with Gasteiger partial charge in [-0.25, -0.2) is 0 Å². The Hall–Kier alpha value is -0.670. The van der Waals surface area contributed by atoms with Crippen molar-refractivity contribution in [1.82, 2.24) is 0 Å². The zero-order chi connectivity index (χ0) is 21.9. The van der Waals surface area contributed by atoms with Crippen LogP contribution in [0.15, 0.2) is 11.6 Å². The Morgan fingerprint density at radius 3 is 2.47 bits per heavy atom. The van der Waals surface area contributed by atoms with Gasteiger partial charge in [-0.2, -0.15) is 0 Å². The molecule has 3 saturated carbocycles. The molecule has 2 N–H and O–H groups in total. The van der Waals surface area contributed by atoms with Crippen molar-refractivity contribution >= 4 is 5.78 Å². The molecule has 0 aliphatic heterocycles. The Bertz CT molecular complexity index is 711. The highest BCUT2D eigenvalue weighted by atomic mass is 16.3. The van der Waals surface area contributed by atoms with E-state index in [0.717, 1.165) is 30.6 Å². The second-order valence-electron chi connectivity index (χ2n) is 12.3. The molecule has 0 aromatic carbocycles. The molecule has 4 aliphatic carbocycles. The molecule has 3 heteroatoms. The number of allylic oxidation sites excluding steroid dienone is 1. The number of aliphatic hydroxyl groups excluding tert-OH is 1. The lowest BCUT2D eigenvalue weighted by molar-refractivity contribution is -0.180. The first-order valence-electron chi connectivity index (χ1n) is 12.7. The third-order valence-electron chi connectivity index (χ3n) is 10.3. The van der Waals surface area contributed by atoms with Gasteiger partial charge in [0.2, 0.25) is 0 Å². The van der Waals surface area contributed by atoms with Crippen molar-refractivity contribution in [3.63, 3.8) is 0 Å². The van der Waals surface area contributed by atoms with E-state index in [1.165, 1.54) is 44.1 Å². The van der Waals surface area contributed by atoms with Crippen molar-refractivity contribution in [2.45, 2.75) is 111 Å². The van der Waals surface area contributed by atoms with Crippen LogP contribution in [-0.2, 0) is 4.79 Å². The zero-order valence-corrected chi connectivity index (χ0v) is 19.9. The van der Waals surface area contributed by atoms with Crippen LogP contribution in [-0.4, -0.2) is 27.7 Å². The van der Waals surface area contributed by atoms with Gasteiger partial charge >= 0.3 is 0 Å². The van der Waals surface area contributed by atoms with Crippen LogP contribution < -0.4 is 0 Å². The number of hydrogen-bond donors (Lipinski definition) is 2. The van der Waals surface area contributed by atoms with Crippen molar-refractivity contribution in [1.29, 1.82) is 0 Å². The summed E-state index contributed by atoms with van der Waals surface area (Å²) in [5.41, 5.74) is -0.154. The van der Waals surface area contributed by atoms with Crippen LogP contribution in [0, 0.1) is 40.4 Å². The molecular formula is C27H44O3. The van der Waals surface area contributed by atoms with Gasteiger partial charge in [0, 0.05) is 11.8 Å². The highest BCUT2D eigenvalue weighted by Gasteiger charge is 2.65. The summed E-state index contributed by atoms with van der Waals surface area (Å²) in [4.78, 5) is 13.2. The summed E-state index contributed by atoms with van der Waals surface area (Å²) in [6, 6.07) is 0. The molecule has 30 heavy (non-hydrogen) atoms. The predicted molar refractivity (Wildman–Crippen MR) is 121 cm³/mol. The van der Waals surface area contributed by atoms with Gasteiger partial charge in [-0.05, 0) is 79.6 Å². The van der Waals surface area contributed by atoms with E-state index in [0.29, 0.717) is 23.7 Å². The number of fused-ring (bicyclic) bond motifs is 5. The van der Waals surface area contributed by atoms with Crippen LogP contribution in [0.1, 0.15) is 98.8 Å². The van der Waals surface area contributed by atoms with Crippen molar-refractivity contribution in [3.05, 3.63) is 11.6 Å². The molecule has 0 radical (unpaired) electrons. The van der Waals surface area contributed by atoms with Crippen molar-refractivity contribution in [3.8, 4) is 0 Å². The third-order valence-corrected chi connectivity index (χ3v) is 10.3. The van der Waals surface area contributed by atoms with E-state index < -0.39 is 17.1 Å². The Kier molecular flexibility index (Phi) is 5.80. The molecule has 4 aliphatic rings. The maximum Gasteiger partial charge on any atom is 0.187 e. The third kappa shape index (κ3) is 3.25. The van der Waals surface area contributed by atoms with Gasteiger partial charge in [-0.1, -0.05) is 59.5 Å². The van der Waals surface area contributed by atoms with E-state index in [-0.39, 0.29) is 12.2 Å². The Morgan fingerprint density at radius 2 is 1.77 bits per heavy atom. The predicted octanol–water partition coefficient (Wildman–Crippen LogP) is 5.68. The minimum Gasteiger partial charge on any atom is -0.393 e. The minimum absolute atomic E-state index is 0.132. The van der Waals surface area contributed by atoms with Crippen LogP contribution in [0.3, 0.4) is 0 Å². The Labute approximate surface area is 183 Å². The van der Waals surface area contributed by atoms with Gasteiger partial charge in [-0.3, -0.25) is 4.79 Å². The first-order chi connectivity index (χ1) is 14.0. The first kappa shape index (κ1) is 22.5. The van der Waals surface area contributed by atoms with Gasteiger partial charge in [0.1, 0.15) is 5.60 Å². The average molecular weight is 417 g/mol. The fourth-order valence-corrected chi connectivity index (χ4v) is 8.37. The summed E-state index contributed by atoms with van der Waals surface area (Å²) in [5.74, 6) is 2.92. The van der Waals surface area contributed by atoms with Crippen LogP contribution in [0.2, 0.25) is 0 Å². The molecule has 4 rings (SSSR count). The largest absolute Gasteiger partial charge is 0.393 e. The van der Waals surface area contributed by atoms with Gasteiger partial charge in [0.25, 0.3) is 0 Å². The quantitative estimate of drug-likeness (QED) is 0.606. The highest BCUT2D eigenvalue weighted by Crippen LogP contribution is 2.67. The summed E-state index contributed by atoms with van der Waals surface area (Å²) in [7, 11) is 0. The monoisotopic (exact) mass is 416 g/mol. The molecule has 0 amide bonds. The maximum absolute atomic E-state index is 13.2. The van der Waals surface area contributed by atoms with E-state index in [1.54, 1.807) is 0 Å². The number of rotatable bonds is 5. The van der Waals surface area contributed by atoms with E-state index in [1.807, 2.05) is 6.08 Å². The normalized spacial score (nSPS) is 46.8. The molecule has 0 aromatic heterocycles. The van der Waals surface area contributed by atoms with Gasteiger partial charge in [0.05, 0.1) is 6.10 Å². The van der Waals surface area contributed by atoms with E-state index >= 15 is 0 Å². The lowest BCUT2D eigenvalue weighted by atomic mass is 9.46. The first-order valence-corrected chi connectivity index (χ1v) is 12.7. The Balaban J connectivity index is 1.59. The lowest BCUT2D eigenvalue weighted by Crippen LogP contribution is -2.64. The molecule has 0 aromatic rings. The van der Waals surface area contributed by atoms with Crippen LogP contribution >= 0.6 is 0 Å². The number of carbonyl (C=O) groups is 1. The maximum atomic E-state index is 13.2. The van der Waals surface area contributed by atoms with Crippen molar-refractivity contribution in [2.24, 2.45) is 40.4 Å². The second-order valence-corrected chi connectivity index (χ2v) is 12.3. The molecule has 8 atom stereocenters. The molecular weight excluding hydrogens is 372 g/mol. The molecule has 0 saturated heterocycles. The van der Waals surface area contributed by atoms with E-state index in [2.05, 4.69) is 34.6 Å². The zero-order valence-electron chi connectivity index (χ0n) is 19.9. The number of carbonyl (C=O) groups excluding carboxylic acids is 1. The standard InChI is InChI=1S/C27H44O3/c1-17(2)7-6-8-18(3)21-9-10-22-20-15-24(29)27(30)16-19(28)11-14-26(27,5)23(20)12-13-25(21,22)4/h15,17-19,21-23,28,30H,6-14,16H2,1-5H3/t18?,19-,21+,22?,23?,25+,26+,27-/m0/s1. The molecule has 0 heterocycles. The van der Waals surface area contributed by atoms with E-state index in [4.69, 9.17) is 0 Å². The van der Waals surface area contributed by atoms with Crippen LogP contribution in [0.5, 0.6) is 0 Å². The SMILES string of the molecule is CC(C)CCCC(C)[C@H]1CCC2C3=CC(=O)[C@@]4(O)C[C@@H](O)CC[C@]4(C)C3CC[C@@]21C. The summed E-state index contributed by atoms with van der Waals surface area (Å²) < 4.78 is 0. The highest BCUT2D eigenvalue weighted by molar-refractivity contribution is 5.99. The van der Waals surface area contributed by atoms with Crippen molar-refractivity contribution < 1.29 is 15.0 Å².